The van der Waals surface area contributed by atoms with Gasteiger partial charge < -0.3 is 4.80 Å². The van der Waals surface area contributed by atoms with Crippen molar-refractivity contribution in [1.29, 1.82) is 0 Å². The molecule has 0 bridgehead atoms. The molecule has 14 heavy (non-hydrogen) atoms. The van der Waals surface area contributed by atoms with Gasteiger partial charge in [0.15, 0.2) is 14.1 Å². The Morgan fingerprint density at radius 2 is 2.14 bits per heavy atom. The molecule has 1 atom stereocenters. The van der Waals surface area contributed by atoms with Crippen molar-refractivity contribution in [3.8, 4) is 0 Å². The third-order valence-corrected chi connectivity index (χ3v) is 6.96. The second-order valence-corrected chi connectivity index (χ2v) is 9.91. The standard InChI is InChI=1S/C11H20O2Si/c1-11(2,14(3,4)13)8-9-5-6-10(12)7-9/h5-6,9,13H,7-8H2,1-4H3/t9-/m1/s1. The first-order valence-electron chi connectivity index (χ1n) is 5.16. The highest BCUT2D eigenvalue weighted by atomic mass is 28.4. The number of rotatable bonds is 3. The van der Waals surface area contributed by atoms with Crippen molar-refractivity contribution in [2.75, 3.05) is 0 Å². The van der Waals surface area contributed by atoms with E-state index in [0.717, 1.165) is 6.42 Å². The third-order valence-electron chi connectivity index (χ3n) is 3.45. The lowest BCUT2D eigenvalue weighted by atomic mass is 9.96. The van der Waals surface area contributed by atoms with Crippen molar-refractivity contribution in [2.24, 2.45) is 5.92 Å². The van der Waals surface area contributed by atoms with Gasteiger partial charge >= 0.3 is 0 Å². The van der Waals surface area contributed by atoms with Crippen molar-refractivity contribution in [3.05, 3.63) is 12.2 Å². The largest absolute Gasteiger partial charge is 0.432 e. The zero-order valence-corrected chi connectivity index (χ0v) is 10.5. The van der Waals surface area contributed by atoms with E-state index < -0.39 is 8.32 Å². The fourth-order valence-corrected chi connectivity index (χ4v) is 2.45. The highest BCUT2D eigenvalue weighted by molar-refractivity contribution is 6.72. The molecule has 1 N–H and O–H groups in total. The van der Waals surface area contributed by atoms with Crippen LogP contribution in [0.3, 0.4) is 0 Å². The summed E-state index contributed by atoms with van der Waals surface area (Å²) in [5.74, 6) is 0.569. The number of hydrogen-bond acceptors (Lipinski definition) is 2. The minimum Gasteiger partial charge on any atom is -0.432 e. The Bertz CT molecular complexity index is 261. The lowest BCUT2D eigenvalue weighted by Gasteiger charge is -2.36. The normalized spacial score (nSPS) is 23.2. The number of allylic oxidation sites excluding steroid dienone is 2. The van der Waals surface area contributed by atoms with E-state index in [4.69, 9.17) is 0 Å². The zero-order chi connectivity index (χ0) is 11.0. The fraction of sp³-hybridized carbons (Fsp3) is 0.727. The average molecular weight is 212 g/mol. The molecule has 0 fully saturated rings. The molecule has 0 saturated heterocycles. The molecule has 0 spiro atoms. The smallest absolute Gasteiger partial charge is 0.188 e. The van der Waals surface area contributed by atoms with E-state index in [1.165, 1.54) is 0 Å². The summed E-state index contributed by atoms with van der Waals surface area (Å²) < 4.78 is 0. The Hall–Kier alpha value is -0.413. The number of hydrogen-bond donors (Lipinski definition) is 1. The molecule has 0 aromatic rings. The molecule has 2 nitrogen and oxygen atoms in total. The molecule has 1 rings (SSSR count). The summed E-state index contributed by atoms with van der Waals surface area (Å²) in [6.07, 6.45) is 5.22. The summed E-state index contributed by atoms with van der Waals surface area (Å²) in [4.78, 5) is 21.2. The number of carbonyl (C=O) groups excluding carboxylic acids is 1. The van der Waals surface area contributed by atoms with E-state index in [1.807, 2.05) is 19.2 Å². The molecule has 0 radical (unpaired) electrons. The van der Waals surface area contributed by atoms with Crippen molar-refractivity contribution < 1.29 is 9.59 Å². The molecule has 0 heterocycles. The molecule has 0 unspecified atom stereocenters. The molecule has 0 amide bonds. The summed E-state index contributed by atoms with van der Waals surface area (Å²) in [7, 11) is -2.12. The van der Waals surface area contributed by atoms with E-state index in [2.05, 4.69) is 13.8 Å². The summed E-state index contributed by atoms with van der Waals surface area (Å²) in [5, 5.41) is -0.0212. The van der Waals surface area contributed by atoms with Crippen molar-refractivity contribution in [1.82, 2.24) is 0 Å². The molecule has 1 aliphatic rings. The van der Waals surface area contributed by atoms with Gasteiger partial charge in [-0.3, -0.25) is 4.79 Å². The van der Waals surface area contributed by atoms with Crippen LogP contribution in [-0.2, 0) is 4.79 Å². The van der Waals surface area contributed by atoms with Gasteiger partial charge in [0.1, 0.15) is 0 Å². The van der Waals surface area contributed by atoms with Crippen LogP contribution >= 0.6 is 0 Å². The Labute approximate surface area is 87.2 Å². The quantitative estimate of drug-likeness (QED) is 0.730. The fourth-order valence-electron chi connectivity index (χ4n) is 1.68. The van der Waals surface area contributed by atoms with Gasteiger partial charge in [0.05, 0.1) is 0 Å². The second kappa shape index (κ2) is 3.63. The van der Waals surface area contributed by atoms with Crippen LogP contribution in [0.25, 0.3) is 0 Å². The van der Waals surface area contributed by atoms with Crippen LogP contribution in [0.1, 0.15) is 26.7 Å². The predicted molar refractivity (Wildman–Crippen MR) is 60.6 cm³/mol. The molecule has 1 aliphatic carbocycles. The minimum atomic E-state index is -2.12. The Kier molecular flexibility index (Phi) is 3.02. The van der Waals surface area contributed by atoms with Crippen molar-refractivity contribution >= 4 is 14.1 Å². The molecule has 3 heteroatoms. The van der Waals surface area contributed by atoms with Crippen LogP contribution in [0.4, 0.5) is 0 Å². The van der Waals surface area contributed by atoms with Gasteiger partial charge in [0, 0.05) is 6.42 Å². The zero-order valence-electron chi connectivity index (χ0n) is 9.50. The average Bonchev–Trinajstić information content (AvgIpc) is 2.31. The van der Waals surface area contributed by atoms with E-state index in [0.29, 0.717) is 12.3 Å². The maximum absolute atomic E-state index is 11.1. The molecular weight excluding hydrogens is 192 g/mol. The van der Waals surface area contributed by atoms with E-state index in [-0.39, 0.29) is 10.8 Å². The number of carbonyl (C=O) groups is 1. The highest BCUT2D eigenvalue weighted by Gasteiger charge is 2.39. The SMILES string of the molecule is CC(C)(C[C@@H]1C=CC(=O)C1)[Si](C)(C)O. The molecule has 80 valence electrons. The predicted octanol–water partition coefficient (Wildman–Crippen LogP) is 2.50. The van der Waals surface area contributed by atoms with E-state index in [9.17, 15) is 9.59 Å². The third kappa shape index (κ3) is 2.55. The Morgan fingerprint density at radius 3 is 2.50 bits per heavy atom. The molecule has 0 aromatic heterocycles. The first-order valence-corrected chi connectivity index (χ1v) is 8.10. The number of ketones is 1. The van der Waals surface area contributed by atoms with Crippen LogP contribution in [0.2, 0.25) is 18.1 Å². The van der Waals surface area contributed by atoms with Crippen molar-refractivity contribution in [2.45, 2.75) is 44.8 Å². The van der Waals surface area contributed by atoms with Gasteiger partial charge in [0.25, 0.3) is 0 Å². The van der Waals surface area contributed by atoms with Crippen LogP contribution in [0.5, 0.6) is 0 Å². The molecule has 0 saturated carbocycles. The second-order valence-electron chi connectivity index (χ2n) is 5.44. The first kappa shape index (κ1) is 11.7. The van der Waals surface area contributed by atoms with Crippen LogP contribution < -0.4 is 0 Å². The van der Waals surface area contributed by atoms with Gasteiger partial charge in [0.2, 0.25) is 0 Å². The van der Waals surface area contributed by atoms with E-state index in [1.54, 1.807) is 6.08 Å². The van der Waals surface area contributed by atoms with Gasteiger partial charge in [-0.15, -0.1) is 0 Å². The molecule has 0 aliphatic heterocycles. The first-order chi connectivity index (χ1) is 6.22. The van der Waals surface area contributed by atoms with Crippen molar-refractivity contribution in [3.63, 3.8) is 0 Å². The summed E-state index contributed by atoms with van der Waals surface area (Å²) in [6.45, 7) is 8.15. The van der Waals surface area contributed by atoms with Gasteiger partial charge in [-0.05, 0) is 36.5 Å². The Balaban J connectivity index is 2.60. The monoisotopic (exact) mass is 212 g/mol. The van der Waals surface area contributed by atoms with Crippen LogP contribution in [0, 0.1) is 5.92 Å². The summed E-state index contributed by atoms with van der Waals surface area (Å²) in [6, 6.07) is 0. The summed E-state index contributed by atoms with van der Waals surface area (Å²) in [5.41, 5.74) is 0. The molecular formula is C11H20O2Si. The minimum absolute atomic E-state index is 0.0212. The van der Waals surface area contributed by atoms with Crippen LogP contribution in [-0.4, -0.2) is 18.9 Å². The topological polar surface area (TPSA) is 37.3 Å². The van der Waals surface area contributed by atoms with Gasteiger partial charge in [-0.1, -0.05) is 19.9 Å². The molecule has 0 aromatic carbocycles. The lowest BCUT2D eigenvalue weighted by Crippen LogP contribution is -2.39. The maximum Gasteiger partial charge on any atom is 0.188 e. The van der Waals surface area contributed by atoms with Gasteiger partial charge in [-0.25, -0.2) is 0 Å². The maximum atomic E-state index is 11.1. The summed E-state index contributed by atoms with van der Waals surface area (Å²) >= 11 is 0. The van der Waals surface area contributed by atoms with Gasteiger partial charge in [-0.2, -0.15) is 0 Å². The highest BCUT2D eigenvalue weighted by Crippen LogP contribution is 2.43. The van der Waals surface area contributed by atoms with Crippen LogP contribution in [0.15, 0.2) is 12.2 Å². The Morgan fingerprint density at radius 1 is 1.57 bits per heavy atom. The lowest BCUT2D eigenvalue weighted by molar-refractivity contribution is -0.114. The van der Waals surface area contributed by atoms with E-state index >= 15 is 0 Å².